The molecule has 0 atom stereocenters. The van der Waals surface area contributed by atoms with Gasteiger partial charge in [-0.1, -0.05) is 48.3 Å². The highest BCUT2D eigenvalue weighted by Crippen LogP contribution is 2.23. The highest BCUT2D eigenvalue weighted by atomic mass is 35.5. The maximum atomic E-state index is 12.6. The number of carbonyl (C=O) groups excluding carboxylic acids is 1. The summed E-state index contributed by atoms with van der Waals surface area (Å²) in [5.74, 6) is -0.482. The molecule has 1 aromatic carbocycles. The molecule has 1 amide bonds. The Morgan fingerprint density at radius 3 is 2.68 bits per heavy atom. The van der Waals surface area contributed by atoms with Crippen LogP contribution in [0, 0.1) is 0 Å². The van der Waals surface area contributed by atoms with Crippen molar-refractivity contribution in [2.24, 2.45) is 5.10 Å². The molecule has 10 nitrogen and oxygen atoms in total. The molecule has 12 heteroatoms. The zero-order valence-corrected chi connectivity index (χ0v) is 16.7. The predicted molar refractivity (Wildman–Crippen MR) is 104 cm³/mol. The number of hydrogen-bond donors (Lipinski definition) is 2. The molecule has 0 aliphatic rings. The predicted octanol–water partition coefficient (Wildman–Crippen LogP) is 2.82. The molecule has 146 valence electrons. The average Bonchev–Trinajstić information content (AvgIpc) is 3.25. The van der Waals surface area contributed by atoms with Gasteiger partial charge in [-0.2, -0.15) is 9.78 Å². The van der Waals surface area contributed by atoms with Crippen molar-refractivity contribution < 1.29 is 9.42 Å². The zero-order valence-electron chi connectivity index (χ0n) is 15.1. The van der Waals surface area contributed by atoms with Crippen LogP contribution in [0.15, 0.2) is 27.9 Å². The molecule has 0 saturated heterocycles. The van der Waals surface area contributed by atoms with Crippen molar-refractivity contribution in [1.29, 1.82) is 0 Å². The van der Waals surface area contributed by atoms with Crippen molar-refractivity contribution in [2.75, 3.05) is 5.73 Å². The number of halogens is 2. The van der Waals surface area contributed by atoms with Gasteiger partial charge in [-0.25, -0.2) is 10.1 Å². The third-order valence-electron chi connectivity index (χ3n) is 3.81. The first kappa shape index (κ1) is 19.8. The minimum absolute atomic E-state index is 0.0324. The van der Waals surface area contributed by atoms with Crippen LogP contribution in [-0.2, 0) is 0 Å². The number of anilines is 1. The standard InChI is InChI=1S/C16H16Cl2N8O2/c1-7(2)13-12(21-25-26(13)15-14(19)23-28-24-15)16(27)22-20-8(3)10-5-4-9(17)6-11(10)18/h4-7H,1-3H3,(H2,19,23)(H,22,27)/b20-8+. The molecular weight excluding hydrogens is 407 g/mol. The summed E-state index contributed by atoms with van der Waals surface area (Å²) in [7, 11) is 0. The molecule has 0 spiro atoms. The summed E-state index contributed by atoms with van der Waals surface area (Å²) >= 11 is 12.1. The van der Waals surface area contributed by atoms with Crippen LogP contribution in [0.2, 0.25) is 10.0 Å². The van der Waals surface area contributed by atoms with Crippen LogP contribution in [0.5, 0.6) is 0 Å². The van der Waals surface area contributed by atoms with Gasteiger partial charge >= 0.3 is 0 Å². The highest BCUT2D eigenvalue weighted by Gasteiger charge is 2.25. The van der Waals surface area contributed by atoms with E-state index in [1.165, 1.54) is 4.68 Å². The summed E-state index contributed by atoms with van der Waals surface area (Å²) in [6, 6.07) is 4.99. The monoisotopic (exact) mass is 422 g/mol. The van der Waals surface area contributed by atoms with Crippen LogP contribution >= 0.6 is 23.2 Å². The molecule has 2 heterocycles. The fourth-order valence-electron chi connectivity index (χ4n) is 2.49. The summed E-state index contributed by atoms with van der Waals surface area (Å²) < 4.78 is 5.91. The molecule has 0 aliphatic heterocycles. The second-order valence-corrected chi connectivity index (χ2v) is 6.97. The van der Waals surface area contributed by atoms with E-state index < -0.39 is 5.91 Å². The first-order chi connectivity index (χ1) is 13.3. The zero-order chi connectivity index (χ0) is 20.4. The van der Waals surface area contributed by atoms with Crippen molar-refractivity contribution in [1.82, 2.24) is 30.7 Å². The van der Waals surface area contributed by atoms with Crippen LogP contribution in [0.1, 0.15) is 48.4 Å². The lowest BCUT2D eigenvalue weighted by Crippen LogP contribution is -2.22. The first-order valence-corrected chi connectivity index (χ1v) is 8.89. The smallest absolute Gasteiger partial charge is 0.293 e. The summed E-state index contributed by atoms with van der Waals surface area (Å²) in [5.41, 5.74) is 9.87. The Hall–Kier alpha value is -2.98. The molecule has 3 aromatic rings. The molecule has 0 radical (unpaired) electrons. The topological polar surface area (TPSA) is 137 Å². The Morgan fingerprint density at radius 1 is 1.32 bits per heavy atom. The number of nitrogen functional groups attached to an aromatic ring is 1. The van der Waals surface area contributed by atoms with Crippen molar-refractivity contribution in [3.63, 3.8) is 0 Å². The summed E-state index contributed by atoms with van der Waals surface area (Å²) in [6.07, 6.45) is 0. The van der Waals surface area contributed by atoms with E-state index in [-0.39, 0.29) is 23.2 Å². The number of carbonyl (C=O) groups is 1. The number of benzene rings is 1. The number of hydrogen-bond acceptors (Lipinski definition) is 8. The van der Waals surface area contributed by atoms with E-state index in [2.05, 4.69) is 35.8 Å². The molecular formula is C16H16Cl2N8O2. The average molecular weight is 423 g/mol. The summed E-state index contributed by atoms with van der Waals surface area (Å²) in [4.78, 5) is 12.6. The largest absolute Gasteiger partial charge is 0.378 e. The molecule has 0 saturated carbocycles. The van der Waals surface area contributed by atoms with Crippen LogP contribution < -0.4 is 11.2 Å². The van der Waals surface area contributed by atoms with E-state index in [0.29, 0.717) is 27.0 Å². The molecule has 0 bridgehead atoms. The van der Waals surface area contributed by atoms with Crippen LogP contribution in [0.3, 0.4) is 0 Å². The van der Waals surface area contributed by atoms with Gasteiger partial charge in [0.1, 0.15) is 0 Å². The first-order valence-electron chi connectivity index (χ1n) is 8.13. The minimum atomic E-state index is -0.547. The lowest BCUT2D eigenvalue weighted by Gasteiger charge is -2.08. The Balaban J connectivity index is 1.89. The molecule has 2 aromatic heterocycles. The third kappa shape index (κ3) is 3.82. The normalized spacial score (nSPS) is 11.9. The van der Waals surface area contributed by atoms with E-state index in [1.807, 2.05) is 13.8 Å². The molecule has 0 unspecified atom stereocenters. The minimum Gasteiger partial charge on any atom is -0.378 e. The summed E-state index contributed by atoms with van der Waals surface area (Å²) in [5, 5.41) is 20.1. The quantitative estimate of drug-likeness (QED) is 0.475. The SMILES string of the molecule is C/C(=N\NC(=O)c1nnn(-c2nonc2N)c1C(C)C)c1ccc(Cl)cc1Cl. The van der Waals surface area contributed by atoms with E-state index in [4.69, 9.17) is 28.9 Å². The molecule has 28 heavy (non-hydrogen) atoms. The van der Waals surface area contributed by atoms with Gasteiger partial charge in [0.05, 0.1) is 16.4 Å². The third-order valence-corrected chi connectivity index (χ3v) is 4.36. The number of nitrogens with zero attached hydrogens (tertiary/aromatic N) is 6. The van der Waals surface area contributed by atoms with Crippen LogP contribution in [0.25, 0.3) is 5.82 Å². The maximum Gasteiger partial charge on any atom is 0.293 e. The van der Waals surface area contributed by atoms with Gasteiger partial charge in [0.2, 0.25) is 11.6 Å². The van der Waals surface area contributed by atoms with Crippen LogP contribution in [0.4, 0.5) is 5.82 Å². The fourth-order valence-corrected chi connectivity index (χ4v) is 3.04. The Bertz CT molecular complexity index is 1060. The molecule has 0 fully saturated rings. The van der Waals surface area contributed by atoms with Gasteiger partial charge in [0.25, 0.3) is 5.91 Å². The van der Waals surface area contributed by atoms with E-state index in [0.717, 1.165) is 0 Å². The van der Waals surface area contributed by atoms with Crippen molar-refractivity contribution in [2.45, 2.75) is 26.7 Å². The number of nitrogens with one attached hydrogen (secondary N) is 1. The maximum absolute atomic E-state index is 12.6. The molecule has 0 aliphatic carbocycles. The van der Waals surface area contributed by atoms with E-state index in [9.17, 15) is 4.79 Å². The number of amides is 1. The van der Waals surface area contributed by atoms with E-state index in [1.54, 1.807) is 25.1 Å². The number of nitrogens with two attached hydrogens (primary N) is 1. The lowest BCUT2D eigenvalue weighted by molar-refractivity contribution is 0.0948. The number of aromatic nitrogens is 5. The number of hydrazone groups is 1. The van der Waals surface area contributed by atoms with Gasteiger partial charge in [-0.15, -0.1) is 5.10 Å². The van der Waals surface area contributed by atoms with Gasteiger partial charge in [-0.3, -0.25) is 4.79 Å². The molecule has 3 rings (SSSR count). The van der Waals surface area contributed by atoms with Gasteiger partial charge in [-0.05, 0) is 35.3 Å². The highest BCUT2D eigenvalue weighted by molar-refractivity contribution is 6.37. The second kappa shape index (κ2) is 7.95. The molecule has 3 N–H and O–H groups in total. The number of rotatable bonds is 5. The fraction of sp³-hybridized carbons (Fsp3) is 0.250. The van der Waals surface area contributed by atoms with Gasteiger partial charge in [0, 0.05) is 10.6 Å². The Kier molecular flexibility index (Phi) is 5.61. The van der Waals surface area contributed by atoms with Crippen molar-refractivity contribution >= 4 is 40.6 Å². The van der Waals surface area contributed by atoms with Gasteiger partial charge in [0.15, 0.2) is 5.69 Å². The van der Waals surface area contributed by atoms with Gasteiger partial charge < -0.3 is 5.73 Å². The Labute approximate surface area is 169 Å². The lowest BCUT2D eigenvalue weighted by atomic mass is 10.1. The second-order valence-electron chi connectivity index (χ2n) is 6.13. The van der Waals surface area contributed by atoms with E-state index >= 15 is 0 Å². The van der Waals surface area contributed by atoms with Crippen LogP contribution in [-0.4, -0.2) is 36.9 Å². The van der Waals surface area contributed by atoms with Crippen molar-refractivity contribution in [3.05, 3.63) is 45.2 Å². The summed E-state index contributed by atoms with van der Waals surface area (Å²) in [6.45, 7) is 5.45. The Morgan fingerprint density at radius 2 is 2.07 bits per heavy atom. The van der Waals surface area contributed by atoms with Crippen molar-refractivity contribution in [3.8, 4) is 5.82 Å².